The highest BCUT2D eigenvalue weighted by Gasteiger charge is 2.34. The number of hydrogen-bond acceptors (Lipinski definition) is 2. The second-order valence-corrected chi connectivity index (χ2v) is 3.73. The van der Waals surface area contributed by atoms with E-state index in [1.54, 1.807) is 0 Å². The summed E-state index contributed by atoms with van der Waals surface area (Å²) in [6, 6.07) is 3.33. The van der Waals surface area contributed by atoms with Gasteiger partial charge in [0.05, 0.1) is 0 Å². The maximum absolute atomic E-state index is 13.2. The smallest absolute Gasteiger partial charge is 0.168 e. The fourth-order valence-corrected chi connectivity index (χ4v) is 1.37. The zero-order valence-corrected chi connectivity index (χ0v) is 7.81. The van der Waals surface area contributed by atoms with E-state index in [0.717, 1.165) is 6.07 Å². The van der Waals surface area contributed by atoms with Crippen LogP contribution in [-0.2, 0) is 0 Å². The predicted molar refractivity (Wildman–Crippen MR) is 48.3 cm³/mol. The fourth-order valence-electron chi connectivity index (χ4n) is 1.37. The Hall–Kier alpha value is -1.16. The van der Waals surface area contributed by atoms with E-state index in [9.17, 15) is 8.78 Å². The normalized spacial score (nSPS) is 18.8. The molecule has 1 aromatic rings. The van der Waals surface area contributed by atoms with Crippen LogP contribution in [0.3, 0.4) is 0 Å². The largest absolute Gasteiger partial charge is 0.482 e. The summed E-state index contributed by atoms with van der Waals surface area (Å²) in [5.74, 6) is -1.14. The van der Waals surface area contributed by atoms with E-state index in [4.69, 9.17) is 4.74 Å². The van der Waals surface area contributed by atoms with Crippen molar-refractivity contribution in [3.05, 3.63) is 29.8 Å². The fraction of sp³-hybridized carbons (Fsp3) is 0.400. The SMILES string of the molecule is CC1(Oc2ccc(F)cc2F)CNC1. The first-order valence-corrected chi connectivity index (χ1v) is 4.44. The molecule has 14 heavy (non-hydrogen) atoms. The summed E-state index contributed by atoms with van der Waals surface area (Å²) in [5, 5.41) is 3.03. The van der Waals surface area contributed by atoms with Gasteiger partial charge in [-0.15, -0.1) is 0 Å². The lowest BCUT2D eigenvalue weighted by Gasteiger charge is -2.39. The maximum Gasteiger partial charge on any atom is 0.168 e. The number of nitrogens with one attached hydrogen (secondary N) is 1. The number of halogens is 2. The molecular weight excluding hydrogens is 188 g/mol. The van der Waals surface area contributed by atoms with Gasteiger partial charge < -0.3 is 10.1 Å². The molecule has 0 bridgehead atoms. The Labute approximate surface area is 80.9 Å². The van der Waals surface area contributed by atoms with Crippen molar-refractivity contribution in [2.75, 3.05) is 13.1 Å². The van der Waals surface area contributed by atoms with Crippen molar-refractivity contribution in [3.63, 3.8) is 0 Å². The standard InChI is InChI=1S/C10H11F2NO/c1-10(5-13-6-10)14-9-3-2-7(11)4-8(9)12/h2-4,13H,5-6H2,1H3. The lowest BCUT2D eigenvalue weighted by Crippen LogP contribution is -2.61. The summed E-state index contributed by atoms with van der Waals surface area (Å²) in [7, 11) is 0. The molecule has 0 saturated carbocycles. The quantitative estimate of drug-likeness (QED) is 0.782. The van der Waals surface area contributed by atoms with E-state index < -0.39 is 11.6 Å². The molecule has 1 fully saturated rings. The second-order valence-electron chi connectivity index (χ2n) is 3.73. The summed E-state index contributed by atoms with van der Waals surface area (Å²) in [5.41, 5.74) is -0.362. The van der Waals surface area contributed by atoms with Crippen molar-refractivity contribution in [2.24, 2.45) is 0 Å². The lowest BCUT2D eigenvalue weighted by molar-refractivity contribution is 0.0310. The number of hydrogen-bond donors (Lipinski definition) is 1. The molecule has 1 aliphatic rings. The second kappa shape index (κ2) is 3.20. The van der Waals surface area contributed by atoms with E-state index in [1.165, 1.54) is 12.1 Å². The summed E-state index contributed by atoms with van der Waals surface area (Å²) < 4.78 is 31.1. The molecule has 1 heterocycles. The van der Waals surface area contributed by atoms with Crippen LogP contribution in [0.4, 0.5) is 8.78 Å². The molecule has 2 rings (SSSR count). The Morgan fingerprint density at radius 1 is 1.36 bits per heavy atom. The van der Waals surface area contributed by atoms with Gasteiger partial charge in [-0.25, -0.2) is 8.78 Å². The number of benzene rings is 1. The zero-order chi connectivity index (χ0) is 10.2. The van der Waals surface area contributed by atoms with E-state index in [0.29, 0.717) is 13.1 Å². The van der Waals surface area contributed by atoms with Crippen molar-refractivity contribution in [1.82, 2.24) is 5.32 Å². The van der Waals surface area contributed by atoms with Gasteiger partial charge in [-0.3, -0.25) is 0 Å². The molecule has 1 aliphatic heterocycles. The first-order valence-electron chi connectivity index (χ1n) is 4.44. The van der Waals surface area contributed by atoms with E-state index in [-0.39, 0.29) is 11.4 Å². The first kappa shape index (κ1) is 9.40. The third kappa shape index (κ3) is 1.70. The Bertz CT molecular complexity index is 350. The third-order valence-electron chi connectivity index (χ3n) is 2.25. The highest BCUT2D eigenvalue weighted by molar-refractivity contribution is 5.26. The molecule has 2 nitrogen and oxygen atoms in total. The molecule has 1 N–H and O–H groups in total. The molecule has 0 atom stereocenters. The van der Waals surface area contributed by atoms with Gasteiger partial charge in [0.15, 0.2) is 11.6 Å². The Morgan fingerprint density at radius 3 is 2.57 bits per heavy atom. The average molecular weight is 199 g/mol. The van der Waals surface area contributed by atoms with Crippen LogP contribution in [0.15, 0.2) is 18.2 Å². The maximum atomic E-state index is 13.2. The van der Waals surface area contributed by atoms with Crippen molar-refractivity contribution >= 4 is 0 Å². The average Bonchev–Trinajstić information content (AvgIpc) is 2.07. The lowest BCUT2D eigenvalue weighted by atomic mass is 10.00. The molecule has 0 amide bonds. The zero-order valence-electron chi connectivity index (χ0n) is 7.81. The van der Waals surface area contributed by atoms with Crippen LogP contribution in [0.25, 0.3) is 0 Å². The van der Waals surface area contributed by atoms with Gasteiger partial charge in [0.1, 0.15) is 11.4 Å². The minimum Gasteiger partial charge on any atom is -0.482 e. The first-order chi connectivity index (χ1) is 6.59. The Kier molecular flexibility index (Phi) is 2.15. The summed E-state index contributed by atoms with van der Waals surface area (Å²) in [6.45, 7) is 3.25. The number of ether oxygens (including phenoxy) is 1. The van der Waals surface area contributed by atoms with Gasteiger partial charge in [-0.05, 0) is 19.1 Å². The van der Waals surface area contributed by atoms with Crippen LogP contribution < -0.4 is 10.1 Å². The van der Waals surface area contributed by atoms with Gasteiger partial charge in [0.25, 0.3) is 0 Å². The van der Waals surface area contributed by atoms with Crippen LogP contribution in [0.5, 0.6) is 5.75 Å². The predicted octanol–water partition coefficient (Wildman–Crippen LogP) is 1.71. The minimum absolute atomic E-state index is 0.107. The van der Waals surface area contributed by atoms with Gasteiger partial charge in [-0.1, -0.05) is 0 Å². The third-order valence-corrected chi connectivity index (χ3v) is 2.25. The molecule has 0 aliphatic carbocycles. The molecular formula is C10H11F2NO. The molecule has 4 heteroatoms. The highest BCUT2D eigenvalue weighted by atomic mass is 19.1. The topological polar surface area (TPSA) is 21.3 Å². The van der Waals surface area contributed by atoms with Gasteiger partial charge >= 0.3 is 0 Å². The van der Waals surface area contributed by atoms with Gasteiger partial charge in [0, 0.05) is 19.2 Å². The van der Waals surface area contributed by atoms with Crippen LogP contribution in [-0.4, -0.2) is 18.7 Å². The Morgan fingerprint density at radius 2 is 2.07 bits per heavy atom. The molecule has 1 saturated heterocycles. The molecule has 0 radical (unpaired) electrons. The molecule has 76 valence electrons. The van der Waals surface area contributed by atoms with Crippen molar-refractivity contribution in [3.8, 4) is 5.75 Å². The number of rotatable bonds is 2. The van der Waals surface area contributed by atoms with E-state index >= 15 is 0 Å². The van der Waals surface area contributed by atoms with E-state index in [1.807, 2.05) is 6.92 Å². The molecule has 1 aromatic carbocycles. The monoisotopic (exact) mass is 199 g/mol. The Balaban J connectivity index is 2.16. The molecule has 0 aromatic heterocycles. The van der Waals surface area contributed by atoms with Gasteiger partial charge in [0.2, 0.25) is 0 Å². The van der Waals surface area contributed by atoms with Crippen LogP contribution >= 0.6 is 0 Å². The van der Waals surface area contributed by atoms with Crippen LogP contribution in [0, 0.1) is 11.6 Å². The van der Waals surface area contributed by atoms with Crippen molar-refractivity contribution < 1.29 is 13.5 Å². The summed E-state index contributed by atoms with van der Waals surface area (Å²) >= 11 is 0. The van der Waals surface area contributed by atoms with Crippen molar-refractivity contribution in [1.29, 1.82) is 0 Å². The summed E-state index contributed by atoms with van der Waals surface area (Å²) in [4.78, 5) is 0. The van der Waals surface area contributed by atoms with E-state index in [2.05, 4.69) is 5.32 Å². The van der Waals surface area contributed by atoms with Gasteiger partial charge in [-0.2, -0.15) is 0 Å². The minimum atomic E-state index is -0.655. The highest BCUT2D eigenvalue weighted by Crippen LogP contribution is 2.24. The van der Waals surface area contributed by atoms with Crippen molar-refractivity contribution in [2.45, 2.75) is 12.5 Å². The summed E-state index contributed by atoms with van der Waals surface area (Å²) in [6.07, 6.45) is 0. The molecule has 0 spiro atoms. The molecule has 0 unspecified atom stereocenters. The van der Waals surface area contributed by atoms with Crippen LogP contribution in [0.2, 0.25) is 0 Å². The van der Waals surface area contributed by atoms with Crippen LogP contribution in [0.1, 0.15) is 6.92 Å².